The van der Waals surface area contributed by atoms with Gasteiger partial charge in [-0.2, -0.15) is 5.26 Å². The molecule has 0 fully saturated rings. The molecular weight excluding hydrogens is 174 g/mol. The molecular formula is C9H8F2N2. The van der Waals surface area contributed by atoms with Crippen LogP contribution in [-0.4, -0.2) is 0 Å². The van der Waals surface area contributed by atoms with Gasteiger partial charge in [-0.15, -0.1) is 0 Å². The van der Waals surface area contributed by atoms with Crippen LogP contribution in [0.4, 0.5) is 14.5 Å². The van der Waals surface area contributed by atoms with Gasteiger partial charge in [0.05, 0.1) is 12.0 Å². The predicted molar refractivity (Wildman–Crippen MR) is 44.8 cm³/mol. The largest absolute Gasteiger partial charge is 0.399 e. The molecule has 2 nitrogen and oxygen atoms in total. The van der Waals surface area contributed by atoms with Crippen LogP contribution in [0, 0.1) is 23.0 Å². The monoisotopic (exact) mass is 182 g/mol. The second-order valence-corrected chi connectivity index (χ2v) is 2.75. The second kappa shape index (κ2) is 3.40. The molecule has 0 bridgehead atoms. The lowest BCUT2D eigenvalue weighted by molar-refractivity contribution is 0.552. The van der Waals surface area contributed by atoms with Crippen LogP contribution in [0.1, 0.15) is 18.4 Å². The molecule has 0 aromatic heterocycles. The van der Waals surface area contributed by atoms with E-state index >= 15 is 0 Å². The fraction of sp³-hybridized carbons (Fsp3) is 0.222. The zero-order chi connectivity index (χ0) is 10.0. The maximum Gasteiger partial charge on any atom is 0.132 e. The summed E-state index contributed by atoms with van der Waals surface area (Å²) in [7, 11) is 0. The fourth-order valence-electron chi connectivity index (χ4n) is 1.08. The summed E-state index contributed by atoms with van der Waals surface area (Å²) in [5.74, 6) is -2.35. The molecule has 0 spiro atoms. The summed E-state index contributed by atoms with van der Waals surface area (Å²) >= 11 is 0. The standard InChI is InChI=1S/C9H8F2N2/c1-5(4-12)9-7(10)2-6(13)3-8(9)11/h2-3,5H,13H2,1H3. The molecule has 0 amide bonds. The van der Waals surface area contributed by atoms with E-state index in [1.54, 1.807) is 6.07 Å². The highest BCUT2D eigenvalue weighted by Gasteiger charge is 2.16. The first kappa shape index (κ1) is 9.46. The van der Waals surface area contributed by atoms with Gasteiger partial charge in [0.25, 0.3) is 0 Å². The summed E-state index contributed by atoms with van der Waals surface area (Å²) in [4.78, 5) is 0. The predicted octanol–water partition coefficient (Wildman–Crippen LogP) is 2.17. The molecule has 0 saturated heterocycles. The van der Waals surface area contributed by atoms with Gasteiger partial charge in [0.2, 0.25) is 0 Å². The third-order valence-electron chi connectivity index (χ3n) is 1.73. The van der Waals surface area contributed by atoms with Crippen LogP contribution in [0.15, 0.2) is 12.1 Å². The number of hydrogen-bond acceptors (Lipinski definition) is 2. The molecule has 1 unspecified atom stereocenters. The summed E-state index contributed by atoms with van der Waals surface area (Å²) < 4.78 is 26.2. The van der Waals surface area contributed by atoms with Crippen molar-refractivity contribution in [1.82, 2.24) is 0 Å². The van der Waals surface area contributed by atoms with Crippen molar-refractivity contribution in [2.75, 3.05) is 5.73 Å². The first-order valence-corrected chi connectivity index (χ1v) is 3.70. The molecule has 1 aromatic rings. The average molecular weight is 182 g/mol. The lowest BCUT2D eigenvalue weighted by Gasteiger charge is -2.06. The molecule has 0 heterocycles. The van der Waals surface area contributed by atoms with Gasteiger partial charge in [0.1, 0.15) is 11.6 Å². The molecule has 0 aliphatic heterocycles. The van der Waals surface area contributed by atoms with Crippen molar-refractivity contribution >= 4 is 5.69 Å². The van der Waals surface area contributed by atoms with Crippen LogP contribution in [-0.2, 0) is 0 Å². The minimum Gasteiger partial charge on any atom is -0.399 e. The summed E-state index contributed by atoms with van der Waals surface area (Å²) in [6.07, 6.45) is 0. The first-order chi connectivity index (χ1) is 6.06. The molecule has 0 radical (unpaired) electrons. The van der Waals surface area contributed by atoms with Crippen molar-refractivity contribution in [3.05, 3.63) is 29.3 Å². The van der Waals surface area contributed by atoms with E-state index in [1.165, 1.54) is 6.92 Å². The van der Waals surface area contributed by atoms with E-state index in [-0.39, 0.29) is 11.3 Å². The zero-order valence-electron chi connectivity index (χ0n) is 7.01. The Labute approximate surface area is 74.6 Å². The molecule has 0 aliphatic carbocycles. The van der Waals surface area contributed by atoms with Gasteiger partial charge in [0.15, 0.2) is 0 Å². The minimum atomic E-state index is -0.805. The number of halogens is 2. The maximum atomic E-state index is 13.1. The molecule has 1 rings (SSSR count). The van der Waals surface area contributed by atoms with Gasteiger partial charge < -0.3 is 5.73 Å². The SMILES string of the molecule is CC(C#N)c1c(F)cc(N)cc1F. The van der Waals surface area contributed by atoms with Gasteiger partial charge in [-0.05, 0) is 19.1 Å². The van der Waals surface area contributed by atoms with Gasteiger partial charge in [-0.25, -0.2) is 8.78 Å². The Morgan fingerprint density at radius 2 is 1.85 bits per heavy atom. The number of nitriles is 1. The van der Waals surface area contributed by atoms with Crippen molar-refractivity contribution in [3.63, 3.8) is 0 Å². The number of nitrogen functional groups attached to an aromatic ring is 1. The molecule has 68 valence electrons. The quantitative estimate of drug-likeness (QED) is 0.676. The van der Waals surface area contributed by atoms with Crippen LogP contribution < -0.4 is 5.73 Å². The van der Waals surface area contributed by atoms with Crippen LogP contribution in [0.3, 0.4) is 0 Å². The van der Waals surface area contributed by atoms with Gasteiger partial charge in [0, 0.05) is 11.3 Å². The highest BCUT2D eigenvalue weighted by molar-refractivity contribution is 5.43. The number of benzene rings is 1. The highest BCUT2D eigenvalue weighted by atomic mass is 19.1. The maximum absolute atomic E-state index is 13.1. The van der Waals surface area contributed by atoms with E-state index in [9.17, 15) is 8.78 Å². The third kappa shape index (κ3) is 1.75. The van der Waals surface area contributed by atoms with E-state index in [1.807, 2.05) is 0 Å². The van der Waals surface area contributed by atoms with E-state index in [4.69, 9.17) is 11.0 Å². The van der Waals surface area contributed by atoms with E-state index < -0.39 is 17.6 Å². The normalized spacial score (nSPS) is 12.2. The van der Waals surface area contributed by atoms with Crippen molar-refractivity contribution in [2.24, 2.45) is 0 Å². The van der Waals surface area contributed by atoms with Crippen molar-refractivity contribution in [2.45, 2.75) is 12.8 Å². The Balaban J connectivity index is 3.30. The average Bonchev–Trinajstić information content (AvgIpc) is 2.02. The molecule has 1 atom stereocenters. The van der Waals surface area contributed by atoms with Crippen LogP contribution >= 0.6 is 0 Å². The Hall–Kier alpha value is -1.63. The Morgan fingerprint density at radius 1 is 1.38 bits per heavy atom. The Bertz CT molecular complexity index is 345. The number of rotatable bonds is 1. The van der Waals surface area contributed by atoms with Crippen LogP contribution in [0.2, 0.25) is 0 Å². The van der Waals surface area contributed by atoms with Crippen molar-refractivity contribution < 1.29 is 8.78 Å². The number of nitrogens with two attached hydrogens (primary N) is 1. The third-order valence-corrected chi connectivity index (χ3v) is 1.73. The van der Waals surface area contributed by atoms with Gasteiger partial charge >= 0.3 is 0 Å². The van der Waals surface area contributed by atoms with Crippen molar-refractivity contribution in [3.8, 4) is 6.07 Å². The lowest BCUT2D eigenvalue weighted by Crippen LogP contribution is -2.01. The topological polar surface area (TPSA) is 49.8 Å². The fourth-order valence-corrected chi connectivity index (χ4v) is 1.08. The minimum absolute atomic E-state index is 0.0175. The lowest BCUT2D eigenvalue weighted by atomic mass is 10.0. The van der Waals surface area contributed by atoms with E-state index in [2.05, 4.69) is 0 Å². The molecule has 0 saturated carbocycles. The zero-order valence-corrected chi connectivity index (χ0v) is 7.01. The molecule has 0 aliphatic rings. The summed E-state index contributed by atoms with van der Waals surface area (Å²) in [5, 5.41) is 8.49. The number of hydrogen-bond donors (Lipinski definition) is 1. The number of anilines is 1. The smallest absolute Gasteiger partial charge is 0.132 e. The van der Waals surface area contributed by atoms with Crippen LogP contribution in [0.25, 0.3) is 0 Å². The molecule has 2 N–H and O–H groups in total. The van der Waals surface area contributed by atoms with Gasteiger partial charge in [-0.1, -0.05) is 0 Å². The summed E-state index contributed by atoms with van der Waals surface area (Å²) in [6, 6.07) is 3.77. The summed E-state index contributed by atoms with van der Waals surface area (Å²) in [6.45, 7) is 1.43. The number of nitrogens with zero attached hydrogens (tertiary/aromatic N) is 1. The molecule has 4 heteroatoms. The Kier molecular flexibility index (Phi) is 2.47. The van der Waals surface area contributed by atoms with E-state index in [0.717, 1.165) is 12.1 Å². The Morgan fingerprint density at radius 3 is 2.23 bits per heavy atom. The van der Waals surface area contributed by atoms with Crippen LogP contribution in [0.5, 0.6) is 0 Å². The van der Waals surface area contributed by atoms with Gasteiger partial charge in [-0.3, -0.25) is 0 Å². The van der Waals surface area contributed by atoms with Crippen molar-refractivity contribution in [1.29, 1.82) is 5.26 Å². The summed E-state index contributed by atoms with van der Waals surface area (Å²) in [5.41, 5.74) is 5.00. The first-order valence-electron chi connectivity index (χ1n) is 3.70. The van der Waals surface area contributed by atoms with E-state index in [0.29, 0.717) is 0 Å². The highest BCUT2D eigenvalue weighted by Crippen LogP contribution is 2.23. The molecule has 1 aromatic carbocycles. The molecule has 13 heavy (non-hydrogen) atoms. The second-order valence-electron chi connectivity index (χ2n) is 2.75.